The molecule has 3 aromatic rings. The highest BCUT2D eigenvalue weighted by atomic mass is 32.1. The van der Waals surface area contributed by atoms with Crippen molar-refractivity contribution >= 4 is 27.5 Å². The Balaban J connectivity index is 2.15. The highest BCUT2D eigenvalue weighted by molar-refractivity contribution is 7.20. The van der Waals surface area contributed by atoms with Crippen LogP contribution in [-0.2, 0) is 4.74 Å². The quantitative estimate of drug-likeness (QED) is 0.747. The van der Waals surface area contributed by atoms with E-state index in [0.29, 0.717) is 26.5 Å². The van der Waals surface area contributed by atoms with Gasteiger partial charge in [0.15, 0.2) is 0 Å². The number of nitrogens with zero attached hydrogens (tertiary/aromatic N) is 2. The topological polar surface area (TPSA) is 84.9 Å². The first-order valence-electron chi connectivity index (χ1n) is 7.12. The summed E-state index contributed by atoms with van der Waals surface area (Å²) in [6.45, 7) is 5.30. The van der Waals surface area contributed by atoms with Crippen molar-refractivity contribution in [1.82, 2.24) is 15.0 Å². The monoisotopic (exact) mass is 329 g/mol. The highest BCUT2D eigenvalue weighted by Gasteiger charge is 2.21. The van der Waals surface area contributed by atoms with Crippen molar-refractivity contribution in [2.45, 2.75) is 26.9 Å². The third kappa shape index (κ3) is 2.87. The second kappa shape index (κ2) is 5.92. The number of hydrogen-bond donors (Lipinski definition) is 1. The fourth-order valence-corrected chi connectivity index (χ4v) is 3.32. The number of pyridine rings is 1. The van der Waals surface area contributed by atoms with Crippen LogP contribution in [0.25, 0.3) is 21.6 Å². The molecule has 6 nitrogen and oxygen atoms in total. The van der Waals surface area contributed by atoms with Crippen molar-refractivity contribution in [3.8, 4) is 11.4 Å². The molecule has 0 amide bonds. The molecule has 1 N–H and O–H groups in total. The standard InChI is InChI=1S/C16H15N3O3S/c1-8(2)22-16(21)12-9(3)11-14(20)18-13(19-15(11)23-12)10-4-6-17-7-5-10/h4-8H,1-3H3,(H,18,19,20). The number of carbonyl (C=O) groups is 1. The molecular formula is C16H15N3O3S. The molecule has 0 aliphatic carbocycles. The number of carbonyl (C=O) groups excluding carboxylic acids is 1. The lowest BCUT2D eigenvalue weighted by Gasteiger charge is -2.06. The summed E-state index contributed by atoms with van der Waals surface area (Å²) < 4.78 is 5.22. The largest absolute Gasteiger partial charge is 0.459 e. The molecular weight excluding hydrogens is 314 g/mol. The summed E-state index contributed by atoms with van der Waals surface area (Å²) in [5, 5.41) is 0.434. The average Bonchev–Trinajstić information content (AvgIpc) is 2.85. The number of aromatic amines is 1. The first-order valence-corrected chi connectivity index (χ1v) is 7.94. The van der Waals surface area contributed by atoms with Crippen LogP contribution in [0.1, 0.15) is 29.1 Å². The molecule has 0 spiro atoms. The number of ether oxygens (including phenoxy) is 1. The van der Waals surface area contributed by atoms with E-state index in [1.54, 1.807) is 45.3 Å². The Morgan fingerprint density at radius 1 is 1.30 bits per heavy atom. The number of H-pyrrole nitrogens is 1. The third-order valence-electron chi connectivity index (χ3n) is 3.28. The zero-order valence-electron chi connectivity index (χ0n) is 12.9. The van der Waals surface area contributed by atoms with Crippen LogP contribution in [0.2, 0.25) is 0 Å². The van der Waals surface area contributed by atoms with Crippen LogP contribution in [-0.4, -0.2) is 27.0 Å². The number of nitrogens with one attached hydrogen (secondary N) is 1. The van der Waals surface area contributed by atoms with Crippen LogP contribution in [0, 0.1) is 6.92 Å². The second-order valence-electron chi connectivity index (χ2n) is 5.34. The van der Waals surface area contributed by atoms with Crippen LogP contribution in [0.3, 0.4) is 0 Å². The van der Waals surface area contributed by atoms with Crippen LogP contribution < -0.4 is 5.56 Å². The van der Waals surface area contributed by atoms with Gasteiger partial charge in [-0.3, -0.25) is 9.78 Å². The Kier molecular flexibility index (Phi) is 3.96. The van der Waals surface area contributed by atoms with E-state index < -0.39 is 5.97 Å². The maximum atomic E-state index is 12.4. The summed E-state index contributed by atoms with van der Waals surface area (Å²) in [4.78, 5) is 36.7. The van der Waals surface area contributed by atoms with Crippen molar-refractivity contribution in [3.05, 3.63) is 45.3 Å². The van der Waals surface area contributed by atoms with E-state index in [4.69, 9.17) is 4.74 Å². The lowest BCUT2D eigenvalue weighted by atomic mass is 10.2. The number of thiophene rings is 1. The average molecular weight is 329 g/mol. The van der Waals surface area contributed by atoms with E-state index in [-0.39, 0.29) is 11.7 Å². The van der Waals surface area contributed by atoms with Gasteiger partial charge in [0.05, 0.1) is 11.5 Å². The summed E-state index contributed by atoms with van der Waals surface area (Å²) in [6.07, 6.45) is 3.04. The molecule has 0 unspecified atom stereocenters. The first-order chi connectivity index (χ1) is 11.0. The molecule has 0 saturated heterocycles. The summed E-state index contributed by atoms with van der Waals surface area (Å²) >= 11 is 1.18. The number of aryl methyl sites for hydroxylation is 1. The summed E-state index contributed by atoms with van der Waals surface area (Å²) in [7, 11) is 0. The van der Waals surface area contributed by atoms with Gasteiger partial charge in [-0.15, -0.1) is 11.3 Å². The van der Waals surface area contributed by atoms with Crippen molar-refractivity contribution < 1.29 is 9.53 Å². The van der Waals surface area contributed by atoms with Crippen molar-refractivity contribution in [2.75, 3.05) is 0 Å². The normalized spacial score (nSPS) is 11.1. The first kappa shape index (κ1) is 15.4. The maximum absolute atomic E-state index is 12.4. The van der Waals surface area contributed by atoms with Gasteiger partial charge in [-0.2, -0.15) is 0 Å². The van der Waals surface area contributed by atoms with Gasteiger partial charge < -0.3 is 9.72 Å². The van der Waals surface area contributed by atoms with E-state index in [0.717, 1.165) is 5.56 Å². The minimum atomic E-state index is -0.426. The number of hydrogen-bond acceptors (Lipinski definition) is 6. The Morgan fingerprint density at radius 2 is 2.00 bits per heavy atom. The Morgan fingerprint density at radius 3 is 2.65 bits per heavy atom. The molecule has 0 radical (unpaired) electrons. The SMILES string of the molecule is Cc1c(C(=O)OC(C)C)sc2nc(-c3ccncc3)[nH]c(=O)c12. The summed E-state index contributed by atoms with van der Waals surface area (Å²) in [6, 6.07) is 3.52. The van der Waals surface area contributed by atoms with E-state index in [9.17, 15) is 9.59 Å². The Labute approximate surface area is 136 Å². The molecule has 7 heteroatoms. The van der Waals surface area contributed by atoms with Gasteiger partial charge in [-0.1, -0.05) is 0 Å². The zero-order valence-corrected chi connectivity index (χ0v) is 13.7. The van der Waals surface area contributed by atoms with Crippen LogP contribution >= 0.6 is 11.3 Å². The summed E-state index contributed by atoms with van der Waals surface area (Å²) in [5.41, 5.74) is 1.10. The minimum absolute atomic E-state index is 0.217. The lowest BCUT2D eigenvalue weighted by Crippen LogP contribution is -2.12. The maximum Gasteiger partial charge on any atom is 0.348 e. The molecule has 3 heterocycles. The van der Waals surface area contributed by atoms with Crippen LogP contribution in [0.15, 0.2) is 29.3 Å². The molecule has 118 valence electrons. The van der Waals surface area contributed by atoms with E-state index in [1.165, 1.54) is 11.3 Å². The fourth-order valence-electron chi connectivity index (χ4n) is 2.25. The van der Waals surface area contributed by atoms with Crippen LogP contribution in [0.4, 0.5) is 0 Å². The molecule has 3 rings (SSSR count). The molecule has 0 aromatic carbocycles. The van der Waals surface area contributed by atoms with Crippen molar-refractivity contribution in [2.24, 2.45) is 0 Å². The minimum Gasteiger partial charge on any atom is -0.459 e. The van der Waals surface area contributed by atoms with Crippen molar-refractivity contribution in [1.29, 1.82) is 0 Å². The zero-order chi connectivity index (χ0) is 16.6. The van der Waals surface area contributed by atoms with Gasteiger partial charge in [-0.05, 0) is 38.5 Å². The Hall–Kier alpha value is -2.54. The van der Waals surface area contributed by atoms with Gasteiger partial charge in [0.25, 0.3) is 5.56 Å². The van der Waals surface area contributed by atoms with Crippen LogP contribution in [0.5, 0.6) is 0 Å². The third-order valence-corrected chi connectivity index (χ3v) is 4.45. The predicted molar refractivity (Wildman–Crippen MR) is 88.8 cm³/mol. The number of esters is 1. The number of fused-ring (bicyclic) bond motifs is 1. The molecule has 3 aromatic heterocycles. The summed E-state index contributed by atoms with van der Waals surface area (Å²) in [5.74, 6) is 0.0280. The van der Waals surface area contributed by atoms with Gasteiger partial charge in [0, 0.05) is 18.0 Å². The molecule has 0 aliphatic rings. The molecule has 0 atom stereocenters. The molecule has 0 saturated carbocycles. The van der Waals surface area contributed by atoms with Gasteiger partial charge in [-0.25, -0.2) is 9.78 Å². The van der Waals surface area contributed by atoms with Gasteiger partial charge in [0.2, 0.25) is 0 Å². The van der Waals surface area contributed by atoms with Gasteiger partial charge >= 0.3 is 5.97 Å². The predicted octanol–water partition coefficient (Wildman–Crippen LogP) is 2.92. The van der Waals surface area contributed by atoms with E-state index in [2.05, 4.69) is 15.0 Å². The smallest absolute Gasteiger partial charge is 0.348 e. The molecule has 0 fully saturated rings. The fraction of sp³-hybridized carbons (Fsp3) is 0.250. The molecule has 23 heavy (non-hydrogen) atoms. The Bertz CT molecular complexity index is 929. The lowest BCUT2D eigenvalue weighted by molar-refractivity contribution is 0.0383. The van der Waals surface area contributed by atoms with E-state index in [1.807, 2.05) is 0 Å². The van der Waals surface area contributed by atoms with E-state index >= 15 is 0 Å². The molecule has 0 aliphatic heterocycles. The molecule has 0 bridgehead atoms. The van der Waals surface area contributed by atoms with Gasteiger partial charge in [0.1, 0.15) is 15.5 Å². The second-order valence-corrected chi connectivity index (χ2v) is 6.34. The highest BCUT2D eigenvalue weighted by Crippen LogP contribution is 2.29. The number of rotatable bonds is 3. The van der Waals surface area contributed by atoms with Crippen molar-refractivity contribution in [3.63, 3.8) is 0 Å². The number of aromatic nitrogens is 3.